The van der Waals surface area contributed by atoms with E-state index < -0.39 is 28.5 Å². The third kappa shape index (κ3) is 8.00. The first-order valence-electron chi connectivity index (χ1n) is 15.6. The molecule has 1 fully saturated rings. The van der Waals surface area contributed by atoms with Crippen molar-refractivity contribution in [3.05, 3.63) is 89.5 Å². The Morgan fingerprint density at radius 3 is 2.23 bits per heavy atom. The summed E-state index contributed by atoms with van der Waals surface area (Å²) in [6.07, 6.45) is 5.53. The van der Waals surface area contributed by atoms with E-state index in [1.807, 2.05) is 52.0 Å². The number of carbonyl (C=O) groups excluding carboxylic acids is 2. The third-order valence-corrected chi connectivity index (χ3v) is 10.0. The number of carbonyl (C=O) groups is 2. The maximum Gasteiger partial charge on any atom is 0.264 e. The van der Waals surface area contributed by atoms with Gasteiger partial charge in [0, 0.05) is 12.6 Å². The van der Waals surface area contributed by atoms with E-state index in [1.165, 1.54) is 0 Å². The van der Waals surface area contributed by atoms with Crippen molar-refractivity contribution < 1.29 is 22.7 Å². The first-order valence-corrected chi connectivity index (χ1v) is 17.0. The van der Waals surface area contributed by atoms with Gasteiger partial charge < -0.3 is 15.0 Å². The van der Waals surface area contributed by atoms with Gasteiger partial charge in [0.05, 0.1) is 17.2 Å². The highest BCUT2D eigenvalue weighted by Gasteiger charge is 2.35. The maximum atomic E-state index is 14.4. The minimum absolute atomic E-state index is 0.0646. The molecule has 0 radical (unpaired) electrons. The van der Waals surface area contributed by atoms with Crippen molar-refractivity contribution in [3.63, 3.8) is 0 Å². The summed E-state index contributed by atoms with van der Waals surface area (Å²) in [5.74, 6) is -0.323. The molecular weight excluding hydrogens is 574 g/mol. The third-order valence-electron chi connectivity index (χ3n) is 8.26. The molecule has 1 aliphatic rings. The van der Waals surface area contributed by atoms with Gasteiger partial charge in [-0.25, -0.2) is 8.42 Å². The number of ether oxygens (including phenoxy) is 1. The standard InChI is InChI=1S/C35H45N3O5S/c1-5-31(35(40)36-29-16-8-7-9-17-29)37(24-28-15-11-10-14-27(28)4)34(39)25-38(32-18-12-13-19-33(32)43-6-2)44(41,42)30-22-20-26(3)21-23-30/h10-15,18-23,29,31H,5-9,16-17,24-25H2,1-4H3,(H,36,40). The average Bonchev–Trinajstić information content (AvgIpc) is 3.02. The molecule has 0 aliphatic heterocycles. The molecule has 1 unspecified atom stereocenters. The Hall–Kier alpha value is -3.85. The molecule has 4 rings (SSSR count). The smallest absolute Gasteiger partial charge is 0.264 e. The number of para-hydroxylation sites is 2. The highest BCUT2D eigenvalue weighted by molar-refractivity contribution is 7.92. The fourth-order valence-corrected chi connectivity index (χ4v) is 7.15. The van der Waals surface area contributed by atoms with Crippen molar-refractivity contribution in [2.24, 2.45) is 0 Å². The van der Waals surface area contributed by atoms with E-state index in [4.69, 9.17) is 4.74 Å². The monoisotopic (exact) mass is 619 g/mol. The van der Waals surface area contributed by atoms with E-state index in [1.54, 1.807) is 53.4 Å². The van der Waals surface area contributed by atoms with Crippen LogP contribution in [0.25, 0.3) is 0 Å². The highest BCUT2D eigenvalue weighted by atomic mass is 32.2. The minimum atomic E-state index is -4.19. The Morgan fingerprint density at radius 1 is 0.909 bits per heavy atom. The largest absolute Gasteiger partial charge is 0.492 e. The van der Waals surface area contributed by atoms with Crippen LogP contribution in [-0.4, -0.2) is 50.4 Å². The van der Waals surface area contributed by atoms with Gasteiger partial charge in [0.2, 0.25) is 11.8 Å². The van der Waals surface area contributed by atoms with Crippen LogP contribution in [0.15, 0.2) is 77.7 Å². The van der Waals surface area contributed by atoms with Crippen LogP contribution in [0.1, 0.15) is 69.1 Å². The first kappa shape index (κ1) is 33.1. The maximum absolute atomic E-state index is 14.4. The van der Waals surface area contributed by atoms with Crippen LogP contribution in [-0.2, 0) is 26.2 Å². The van der Waals surface area contributed by atoms with Gasteiger partial charge in [-0.3, -0.25) is 13.9 Å². The molecule has 3 aromatic carbocycles. The van der Waals surface area contributed by atoms with E-state index in [9.17, 15) is 18.0 Å². The molecule has 0 spiro atoms. The topological polar surface area (TPSA) is 96.0 Å². The van der Waals surface area contributed by atoms with Crippen molar-refractivity contribution in [2.75, 3.05) is 17.5 Å². The molecule has 44 heavy (non-hydrogen) atoms. The van der Waals surface area contributed by atoms with Crippen LogP contribution in [0.2, 0.25) is 0 Å². The SMILES string of the molecule is CCOc1ccccc1N(CC(=O)N(Cc1ccccc1C)C(CC)C(=O)NC1CCCCC1)S(=O)(=O)c1ccc(C)cc1. The lowest BCUT2D eigenvalue weighted by Gasteiger charge is -2.35. The van der Waals surface area contributed by atoms with Gasteiger partial charge in [-0.1, -0.05) is 80.3 Å². The molecule has 1 saturated carbocycles. The Morgan fingerprint density at radius 2 is 1.57 bits per heavy atom. The van der Waals surface area contributed by atoms with Crippen LogP contribution in [0, 0.1) is 13.8 Å². The zero-order valence-electron chi connectivity index (χ0n) is 26.3. The normalized spacial score (nSPS) is 14.5. The molecule has 0 saturated heterocycles. The fourth-order valence-electron chi connectivity index (χ4n) is 5.73. The fraction of sp³-hybridized carbons (Fsp3) is 0.429. The van der Waals surface area contributed by atoms with Crippen LogP contribution in [0.3, 0.4) is 0 Å². The van der Waals surface area contributed by atoms with Crippen molar-refractivity contribution in [3.8, 4) is 5.75 Å². The number of nitrogens with one attached hydrogen (secondary N) is 1. The van der Waals surface area contributed by atoms with Gasteiger partial charge in [0.15, 0.2) is 0 Å². The van der Waals surface area contributed by atoms with Crippen LogP contribution < -0.4 is 14.4 Å². The number of aryl methyl sites for hydroxylation is 2. The Bertz CT molecular complexity index is 1520. The van der Waals surface area contributed by atoms with Gasteiger partial charge in [-0.15, -0.1) is 0 Å². The minimum Gasteiger partial charge on any atom is -0.492 e. The molecular formula is C35H45N3O5S. The summed E-state index contributed by atoms with van der Waals surface area (Å²) in [5.41, 5.74) is 3.06. The summed E-state index contributed by atoms with van der Waals surface area (Å²) < 4.78 is 35.4. The molecule has 1 atom stereocenters. The molecule has 236 valence electrons. The lowest BCUT2D eigenvalue weighted by molar-refractivity contribution is -0.140. The van der Waals surface area contributed by atoms with E-state index in [0.29, 0.717) is 18.8 Å². The second-order valence-corrected chi connectivity index (χ2v) is 13.3. The number of rotatable bonds is 13. The van der Waals surface area contributed by atoms with Gasteiger partial charge in [-0.05, 0) is 75.4 Å². The number of benzene rings is 3. The van der Waals surface area contributed by atoms with E-state index >= 15 is 0 Å². The summed E-state index contributed by atoms with van der Waals surface area (Å²) >= 11 is 0. The van der Waals surface area contributed by atoms with Gasteiger partial charge in [-0.2, -0.15) is 0 Å². The van der Waals surface area contributed by atoms with Crippen LogP contribution >= 0.6 is 0 Å². The molecule has 0 heterocycles. The number of amides is 2. The number of hydrogen-bond donors (Lipinski definition) is 1. The molecule has 1 aliphatic carbocycles. The van der Waals surface area contributed by atoms with E-state index in [2.05, 4.69) is 5.32 Å². The molecule has 1 N–H and O–H groups in total. The van der Waals surface area contributed by atoms with Crippen molar-refractivity contribution in [1.29, 1.82) is 0 Å². The Labute approximate surface area is 262 Å². The lowest BCUT2D eigenvalue weighted by Crippen LogP contribution is -2.54. The summed E-state index contributed by atoms with van der Waals surface area (Å²) in [6.45, 7) is 7.55. The van der Waals surface area contributed by atoms with Crippen LogP contribution in [0.4, 0.5) is 5.69 Å². The quantitative estimate of drug-likeness (QED) is 0.248. The number of nitrogens with zero attached hydrogens (tertiary/aromatic N) is 2. The molecule has 0 bridgehead atoms. The number of anilines is 1. The summed E-state index contributed by atoms with van der Waals surface area (Å²) in [6, 6.07) is 20.4. The van der Waals surface area contributed by atoms with Crippen molar-refractivity contribution in [2.45, 2.75) is 89.7 Å². The Balaban J connectivity index is 1.75. The van der Waals surface area contributed by atoms with Gasteiger partial charge in [0.1, 0.15) is 18.3 Å². The predicted molar refractivity (Wildman–Crippen MR) is 174 cm³/mol. The summed E-state index contributed by atoms with van der Waals surface area (Å²) in [4.78, 5) is 29.8. The van der Waals surface area contributed by atoms with E-state index in [0.717, 1.165) is 53.1 Å². The van der Waals surface area contributed by atoms with Gasteiger partial charge >= 0.3 is 0 Å². The van der Waals surface area contributed by atoms with Crippen molar-refractivity contribution >= 4 is 27.5 Å². The molecule has 0 aromatic heterocycles. The second kappa shape index (κ2) is 15.2. The summed E-state index contributed by atoms with van der Waals surface area (Å²) in [7, 11) is -4.19. The number of sulfonamides is 1. The Kier molecular flexibility index (Phi) is 11.4. The van der Waals surface area contributed by atoms with Crippen molar-refractivity contribution in [1.82, 2.24) is 10.2 Å². The average molecular weight is 620 g/mol. The first-order chi connectivity index (χ1) is 21.1. The molecule has 3 aromatic rings. The molecule has 2 amide bonds. The molecule has 9 heteroatoms. The zero-order valence-corrected chi connectivity index (χ0v) is 27.1. The zero-order chi connectivity index (χ0) is 31.7. The van der Waals surface area contributed by atoms with E-state index in [-0.39, 0.29) is 29.1 Å². The summed E-state index contributed by atoms with van der Waals surface area (Å²) in [5, 5.41) is 3.19. The second-order valence-electron chi connectivity index (χ2n) is 11.4. The highest BCUT2D eigenvalue weighted by Crippen LogP contribution is 2.33. The predicted octanol–water partition coefficient (Wildman–Crippen LogP) is 6.15. The molecule has 8 nitrogen and oxygen atoms in total. The number of hydrogen-bond acceptors (Lipinski definition) is 5. The van der Waals surface area contributed by atoms with Gasteiger partial charge in [0.25, 0.3) is 10.0 Å². The van der Waals surface area contributed by atoms with Crippen LogP contribution in [0.5, 0.6) is 5.75 Å². The lowest BCUT2D eigenvalue weighted by atomic mass is 9.95.